The van der Waals surface area contributed by atoms with Gasteiger partial charge < -0.3 is 0 Å². The minimum absolute atomic E-state index is 0.597. The molecule has 0 bridgehead atoms. The lowest BCUT2D eigenvalue weighted by Crippen LogP contribution is -1.83. The third kappa shape index (κ3) is 2.64. The van der Waals surface area contributed by atoms with Crippen LogP contribution in [0.3, 0.4) is 0 Å². The van der Waals surface area contributed by atoms with E-state index < -0.39 is 0 Å². The van der Waals surface area contributed by atoms with Crippen molar-refractivity contribution < 1.29 is 0 Å². The number of hydrogen-bond acceptors (Lipinski definition) is 3. The van der Waals surface area contributed by atoms with Crippen LogP contribution in [-0.4, -0.2) is 15.5 Å². The summed E-state index contributed by atoms with van der Waals surface area (Å²) in [5.41, 5.74) is 0. The fourth-order valence-electron chi connectivity index (χ4n) is 0.688. The van der Waals surface area contributed by atoms with Crippen molar-refractivity contribution in [1.82, 2.24) is 9.78 Å². The topological polar surface area (TPSA) is 41.6 Å². The molecule has 1 aromatic heterocycles. The Hall–Kier alpha value is -0.950. The summed E-state index contributed by atoms with van der Waals surface area (Å²) in [6.07, 6.45) is 4.35. The molecular formula is C7H9N3S. The Morgan fingerprint density at radius 2 is 2.64 bits per heavy atom. The molecule has 0 saturated heterocycles. The lowest BCUT2D eigenvalue weighted by molar-refractivity contribution is 0.766. The van der Waals surface area contributed by atoms with Crippen molar-refractivity contribution in [2.24, 2.45) is 7.05 Å². The predicted octanol–water partition coefficient (Wildman–Crippen LogP) is 1.43. The molecule has 0 spiro atoms. The Morgan fingerprint density at radius 3 is 3.18 bits per heavy atom. The first-order valence-electron chi connectivity index (χ1n) is 3.31. The summed E-state index contributed by atoms with van der Waals surface area (Å²) in [7, 11) is 1.88. The third-order valence-corrected chi connectivity index (χ3v) is 2.12. The normalized spacial score (nSPS) is 9.45. The van der Waals surface area contributed by atoms with E-state index in [1.54, 1.807) is 16.4 Å². The molecule has 4 heteroatoms. The van der Waals surface area contributed by atoms with Crippen LogP contribution in [0.5, 0.6) is 0 Å². The van der Waals surface area contributed by atoms with Crippen LogP contribution >= 0.6 is 11.8 Å². The average Bonchev–Trinajstić information content (AvgIpc) is 2.37. The smallest absolute Gasteiger partial charge is 0.0630 e. The summed E-state index contributed by atoms with van der Waals surface area (Å²) in [5, 5.41) is 12.3. The highest BCUT2D eigenvalue weighted by Crippen LogP contribution is 2.16. The first-order chi connectivity index (χ1) is 5.33. The maximum Gasteiger partial charge on any atom is 0.0630 e. The fraction of sp³-hybridized carbons (Fsp3) is 0.429. The van der Waals surface area contributed by atoms with Gasteiger partial charge in [-0.2, -0.15) is 10.4 Å². The molecule has 0 aromatic carbocycles. The monoisotopic (exact) mass is 167 g/mol. The van der Waals surface area contributed by atoms with Gasteiger partial charge in [-0.1, -0.05) is 0 Å². The maximum atomic E-state index is 8.27. The quantitative estimate of drug-likeness (QED) is 0.505. The summed E-state index contributed by atoms with van der Waals surface area (Å²) < 4.78 is 1.76. The molecule has 0 unspecified atom stereocenters. The minimum atomic E-state index is 0.597. The first-order valence-corrected chi connectivity index (χ1v) is 4.30. The van der Waals surface area contributed by atoms with Gasteiger partial charge in [0.15, 0.2) is 0 Å². The van der Waals surface area contributed by atoms with Gasteiger partial charge in [0, 0.05) is 30.3 Å². The van der Waals surface area contributed by atoms with E-state index in [0.29, 0.717) is 6.42 Å². The molecule has 58 valence electrons. The molecule has 1 heterocycles. The van der Waals surface area contributed by atoms with Crippen molar-refractivity contribution in [1.29, 1.82) is 5.26 Å². The number of hydrogen-bond donors (Lipinski definition) is 0. The molecule has 0 fully saturated rings. The standard InChI is InChI=1S/C7H9N3S/c1-10-6-7(5-9-10)11-4-2-3-8/h5-6H,2,4H2,1H3. The van der Waals surface area contributed by atoms with Gasteiger partial charge in [0.05, 0.1) is 12.3 Å². The van der Waals surface area contributed by atoms with E-state index in [-0.39, 0.29) is 0 Å². The minimum Gasteiger partial charge on any atom is -0.275 e. The number of aryl methyl sites for hydroxylation is 1. The van der Waals surface area contributed by atoms with Gasteiger partial charge in [0.1, 0.15) is 0 Å². The molecule has 11 heavy (non-hydrogen) atoms. The molecule has 0 amide bonds. The van der Waals surface area contributed by atoms with Crippen molar-refractivity contribution in [3.63, 3.8) is 0 Å². The Kier molecular flexibility index (Phi) is 2.99. The molecule has 0 radical (unpaired) electrons. The van der Waals surface area contributed by atoms with Gasteiger partial charge in [0.2, 0.25) is 0 Å². The van der Waals surface area contributed by atoms with E-state index in [1.165, 1.54) is 0 Å². The van der Waals surface area contributed by atoms with E-state index in [1.807, 2.05) is 19.4 Å². The second kappa shape index (κ2) is 4.04. The van der Waals surface area contributed by atoms with Crippen molar-refractivity contribution >= 4 is 11.8 Å². The molecule has 0 N–H and O–H groups in total. The Morgan fingerprint density at radius 1 is 1.82 bits per heavy atom. The molecule has 0 saturated carbocycles. The second-order valence-electron chi connectivity index (χ2n) is 2.11. The van der Waals surface area contributed by atoms with E-state index >= 15 is 0 Å². The Bertz CT molecular complexity index is 261. The SMILES string of the molecule is Cn1cc(SCCC#N)cn1. The third-order valence-electron chi connectivity index (χ3n) is 1.16. The lowest BCUT2D eigenvalue weighted by Gasteiger charge is -1.89. The van der Waals surface area contributed by atoms with Crippen molar-refractivity contribution in [2.45, 2.75) is 11.3 Å². The zero-order valence-electron chi connectivity index (χ0n) is 6.32. The molecule has 0 aliphatic carbocycles. The number of thioether (sulfide) groups is 1. The van der Waals surface area contributed by atoms with Gasteiger partial charge in [-0.15, -0.1) is 11.8 Å². The fourth-order valence-corrected chi connectivity index (χ4v) is 1.47. The van der Waals surface area contributed by atoms with Crippen LogP contribution in [0, 0.1) is 11.3 Å². The first kappa shape index (κ1) is 8.15. The molecule has 1 aromatic rings. The molecule has 1 rings (SSSR count). The molecule has 3 nitrogen and oxygen atoms in total. The number of aromatic nitrogens is 2. The van der Waals surface area contributed by atoms with Crippen molar-refractivity contribution in [2.75, 3.05) is 5.75 Å². The van der Waals surface area contributed by atoms with Crippen LogP contribution in [0.4, 0.5) is 0 Å². The highest BCUT2D eigenvalue weighted by atomic mass is 32.2. The van der Waals surface area contributed by atoms with E-state index in [2.05, 4.69) is 11.2 Å². The number of nitrogens with zero attached hydrogens (tertiary/aromatic N) is 3. The van der Waals surface area contributed by atoms with E-state index in [4.69, 9.17) is 5.26 Å². The Balaban J connectivity index is 2.34. The van der Waals surface area contributed by atoms with Gasteiger partial charge >= 0.3 is 0 Å². The summed E-state index contributed by atoms with van der Waals surface area (Å²) in [6.45, 7) is 0. The highest BCUT2D eigenvalue weighted by molar-refractivity contribution is 7.99. The van der Waals surface area contributed by atoms with Crippen LogP contribution in [0.25, 0.3) is 0 Å². The zero-order valence-corrected chi connectivity index (χ0v) is 7.14. The Labute approximate surface area is 70.0 Å². The van der Waals surface area contributed by atoms with Crippen LogP contribution in [0.2, 0.25) is 0 Å². The van der Waals surface area contributed by atoms with E-state index in [9.17, 15) is 0 Å². The lowest BCUT2D eigenvalue weighted by atomic mass is 10.6. The zero-order chi connectivity index (χ0) is 8.10. The van der Waals surface area contributed by atoms with Crippen molar-refractivity contribution in [3.05, 3.63) is 12.4 Å². The second-order valence-corrected chi connectivity index (χ2v) is 3.27. The maximum absolute atomic E-state index is 8.27. The average molecular weight is 167 g/mol. The number of nitriles is 1. The molecule has 0 atom stereocenters. The van der Waals surface area contributed by atoms with Gasteiger partial charge in [-0.05, 0) is 0 Å². The molecular weight excluding hydrogens is 158 g/mol. The summed E-state index contributed by atoms with van der Waals surface area (Å²) in [6, 6.07) is 2.10. The van der Waals surface area contributed by atoms with Crippen molar-refractivity contribution in [3.8, 4) is 6.07 Å². The van der Waals surface area contributed by atoms with Crippen LogP contribution in [0.1, 0.15) is 6.42 Å². The van der Waals surface area contributed by atoms with Gasteiger partial charge in [0.25, 0.3) is 0 Å². The molecule has 0 aliphatic rings. The van der Waals surface area contributed by atoms with Crippen LogP contribution in [-0.2, 0) is 7.05 Å². The van der Waals surface area contributed by atoms with Gasteiger partial charge in [-0.3, -0.25) is 4.68 Å². The summed E-state index contributed by atoms with van der Waals surface area (Å²) in [4.78, 5) is 1.13. The summed E-state index contributed by atoms with van der Waals surface area (Å²) >= 11 is 1.66. The molecule has 0 aliphatic heterocycles. The highest BCUT2D eigenvalue weighted by Gasteiger charge is 1.94. The number of rotatable bonds is 3. The van der Waals surface area contributed by atoms with Crippen LogP contribution < -0.4 is 0 Å². The summed E-state index contributed by atoms with van der Waals surface area (Å²) in [5.74, 6) is 0.849. The predicted molar refractivity (Wildman–Crippen MR) is 44.2 cm³/mol. The largest absolute Gasteiger partial charge is 0.275 e. The van der Waals surface area contributed by atoms with E-state index in [0.717, 1.165) is 10.6 Å². The van der Waals surface area contributed by atoms with Gasteiger partial charge in [-0.25, -0.2) is 0 Å². The van der Waals surface area contributed by atoms with Crippen LogP contribution in [0.15, 0.2) is 17.3 Å².